The van der Waals surface area contributed by atoms with Crippen LogP contribution in [0.3, 0.4) is 0 Å². The zero-order valence-corrected chi connectivity index (χ0v) is 8.94. The zero-order chi connectivity index (χ0) is 11.0. The SMILES string of the molecule is Cc1ccc2cc(F)cc(C(N)=S)c2n1. The molecule has 2 nitrogen and oxygen atoms in total. The lowest BCUT2D eigenvalue weighted by Gasteiger charge is -2.05. The van der Waals surface area contributed by atoms with Crippen molar-refractivity contribution in [3.05, 3.63) is 41.3 Å². The van der Waals surface area contributed by atoms with Crippen LogP contribution in [0.5, 0.6) is 0 Å². The Kier molecular flexibility index (Phi) is 2.36. The van der Waals surface area contributed by atoms with Crippen LogP contribution in [0.15, 0.2) is 24.3 Å². The molecule has 0 aliphatic rings. The van der Waals surface area contributed by atoms with E-state index in [1.165, 1.54) is 12.1 Å². The van der Waals surface area contributed by atoms with Gasteiger partial charge in [0.2, 0.25) is 0 Å². The first-order valence-electron chi connectivity index (χ1n) is 4.44. The zero-order valence-electron chi connectivity index (χ0n) is 8.12. The van der Waals surface area contributed by atoms with E-state index in [0.717, 1.165) is 5.69 Å². The minimum Gasteiger partial charge on any atom is -0.389 e. The maximum atomic E-state index is 13.2. The second-order valence-electron chi connectivity index (χ2n) is 3.34. The van der Waals surface area contributed by atoms with Gasteiger partial charge in [-0.1, -0.05) is 18.3 Å². The number of benzene rings is 1. The van der Waals surface area contributed by atoms with Crippen LogP contribution in [0, 0.1) is 12.7 Å². The molecule has 0 aliphatic heterocycles. The van der Waals surface area contributed by atoms with Crippen LogP contribution in [0.25, 0.3) is 10.9 Å². The Morgan fingerprint density at radius 3 is 2.80 bits per heavy atom. The normalized spacial score (nSPS) is 10.5. The third-order valence-electron chi connectivity index (χ3n) is 2.16. The highest BCUT2D eigenvalue weighted by Gasteiger charge is 2.07. The fourth-order valence-corrected chi connectivity index (χ4v) is 1.64. The average Bonchev–Trinajstić information content (AvgIpc) is 2.17. The average molecular weight is 220 g/mol. The van der Waals surface area contributed by atoms with E-state index in [1.807, 2.05) is 19.1 Å². The molecule has 0 atom stereocenters. The van der Waals surface area contributed by atoms with E-state index in [1.54, 1.807) is 0 Å². The second-order valence-corrected chi connectivity index (χ2v) is 3.78. The van der Waals surface area contributed by atoms with Crippen LogP contribution in [-0.2, 0) is 0 Å². The lowest BCUT2D eigenvalue weighted by Crippen LogP contribution is -2.11. The molecule has 15 heavy (non-hydrogen) atoms. The molecule has 0 unspecified atom stereocenters. The summed E-state index contributed by atoms with van der Waals surface area (Å²) >= 11 is 4.86. The summed E-state index contributed by atoms with van der Waals surface area (Å²) in [6.07, 6.45) is 0. The molecule has 0 saturated heterocycles. The molecule has 2 rings (SSSR count). The predicted molar refractivity (Wildman–Crippen MR) is 62.3 cm³/mol. The van der Waals surface area contributed by atoms with E-state index >= 15 is 0 Å². The number of halogens is 1. The Morgan fingerprint density at radius 2 is 2.13 bits per heavy atom. The molecular weight excluding hydrogens is 211 g/mol. The van der Waals surface area contributed by atoms with Crippen LogP contribution in [-0.4, -0.2) is 9.97 Å². The molecule has 2 N–H and O–H groups in total. The van der Waals surface area contributed by atoms with Gasteiger partial charge in [0, 0.05) is 16.6 Å². The summed E-state index contributed by atoms with van der Waals surface area (Å²) < 4.78 is 13.2. The molecule has 0 radical (unpaired) electrons. The second kappa shape index (κ2) is 3.55. The van der Waals surface area contributed by atoms with E-state index in [-0.39, 0.29) is 10.8 Å². The highest BCUT2D eigenvalue weighted by molar-refractivity contribution is 7.80. The molecule has 1 heterocycles. The van der Waals surface area contributed by atoms with Gasteiger partial charge in [0.05, 0.1) is 5.52 Å². The van der Waals surface area contributed by atoms with E-state index in [9.17, 15) is 4.39 Å². The maximum absolute atomic E-state index is 13.2. The standard InChI is InChI=1S/C11H9FN2S/c1-6-2-3-7-4-8(12)5-9(11(13)15)10(7)14-6/h2-5H,1H3,(H2,13,15). The van der Waals surface area contributed by atoms with Gasteiger partial charge in [-0.2, -0.15) is 0 Å². The monoisotopic (exact) mass is 220 g/mol. The van der Waals surface area contributed by atoms with Gasteiger partial charge in [-0.25, -0.2) is 4.39 Å². The third-order valence-corrected chi connectivity index (χ3v) is 2.38. The molecule has 0 aliphatic carbocycles. The number of nitrogens with zero attached hydrogens (tertiary/aromatic N) is 1. The Balaban J connectivity index is 2.87. The molecule has 1 aromatic carbocycles. The molecule has 0 spiro atoms. The molecule has 0 fully saturated rings. The number of pyridine rings is 1. The Hall–Kier alpha value is -1.55. The van der Waals surface area contributed by atoms with Crippen molar-refractivity contribution in [1.82, 2.24) is 4.98 Å². The largest absolute Gasteiger partial charge is 0.389 e. The van der Waals surface area contributed by atoms with Crippen molar-refractivity contribution in [2.24, 2.45) is 5.73 Å². The van der Waals surface area contributed by atoms with Crippen molar-refractivity contribution in [3.8, 4) is 0 Å². The molecular formula is C11H9FN2S. The highest BCUT2D eigenvalue weighted by Crippen LogP contribution is 2.19. The summed E-state index contributed by atoms with van der Waals surface area (Å²) in [5.41, 5.74) is 7.52. The van der Waals surface area contributed by atoms with Crippen molar-refractivity contribution in [3.63, 3.8) is 0 Å². The first kappa shape index (κ1) is 9.98. The summed E-state index contributed by atoms with van der Waals surface area (Å²) in [4.78, 5) is 4.47. The number of hydrogen-bond acceptors (Lipinski definition) is 2. The number of fused-ring (bicyclic) bond motifs is 1. The lowest BCUT2D eigenvalue weighted by atomic mass is 10.1. The van der Waals surface area contributed by atoms with E-state index in [4.69, 9.17) is 18.0 Å². The van der Waals surface area contributed by atoms with Crippen molar-refractivity contribution < 1.29 is 4.39 Å². The number of thiocarbonyl (C=S) groups is 1. The highest BCUT2D eigenvalue weighted by atomic mass is 32.1. The summed E-state index contributed by atoms with van der Waals surface area (Å²) in [5, 5.41) is 0.711. The molecule has 4 heteroatoms. The van der Waals surface area contributed by atoms with Crippen LogP contribution in [0.4, 0.5) is 4.39 Å². The van der Waals surface area contributed by atoms with Crippen LogP contribution < -0.4 is 5.73 Å². The number of aryl methyl sites for hydroxylation is 1. The smallest absolute Gasteiger partial charge is 0.124 e. The molecule has 2 aromatic rings. The Morgan fingerprint density at radius 1 is 1.40 bits per heavy atom. The number of hydrogen-bond donors (Lipinski definition) is 1. The first-order valence-corrected chi connectivity index (χ1v) is 4.85. The Labute approximate surface area is 91.9 Å². The van der Waals surface area contributed by atoms with Crippen molar-refractivity contribution >= 4 is 28.1 Å². The summed E-state index contributed by atoms with van der Waals surface area (Å²) in [5.74, 6) is -0.351. The van der Waals surface area contributed by atoms with Gasteiger partial charge in [0.25, 0.3) is 0 Å². The number of aromatic nitrogens is 1. The van der Waals surface area contributed by atoms with Crippen molar-refractivity contribution in [2.75, 3.05) is 0 Å². The van der Waals surface area contributed by atoms with Crippen LogP contribution in [0.1, 0.15) is 11.3 Å². The molecule has 0 bridgehead atoms. The quantitative estimate of drug-likeness (QED) is 0.749. The number of nitrogens with two attached hydrogens (primary N) is 1. The topological polar surface area (TPSA) is 38.9 Å². The van der Waals surface area contributed by atoms with Crippen molar-refractivity contribution in [2.45, 2.75) is 6.92 Å². The van der Waals surface area contributed by atoms with Crippen LogP contribution >= 0.6 is 12.2 Å². The minimum atomic E-state index is -0.351. The molecule has 0 amide bonds. The fraction of sp³-hybridized carbons (Fsp3) is 0.0909. The van der Waals surface area contributed by atoms with Gasteiger partial charge in [0.1, 0.15) is 10.8 Å². The van der Waals surface area contributed by atoms with Gasteiger partial charge in [0.15, 0.2) is 0 Å². The third kappa shape index (κ3) is 1.80. The van der Waals surface area contributed by atoms with Gasteiger partial charge >= 0.3 is 0 Å². The van der Waals surface area contributed by atoms with Gasteiger partial charge in [-0.15, -0.1) is 0 Å². The molecule has 0 saturated carbocycles. The van der Waals surface area contributed by atoms with Gasteiger partial charge in [-0.05, 0) is 25.1 Å². The Bertz CT molecular complexity index is 552. The summed E-state index contributed by atoms with van der Waals surface area (Å²) in [6.45, 7) is 1.87. The molecule has 1 aromatic heterocycles. The fourth-order valence-electron chi connectivity index (χ4n) is 1.48. The lowest BCUT2D eigenvalue weighted by molar-refractivity contribution is 0.629. The van der Waals surface area contributed by atoms with E-state index in [2.05, 4.69) is 4.98 Å². The van der Waals surface area contributed by atoms with E-state index in [0.29, 0.717) is 16.5 Å². The minimum absolute atomic E-state index is 0.164. The van der Waals surface area contributed by atoms with Gasteiger partial charge < -0.3 is 5.73 Å². The van der Waals surface area contributed by atoms with Gasteiger partial charge in [-0.3, -0.25) is 4.98 Å². The van der Waals surface area contributed by atoms with Crippen molar-refractivity contribution in [1.29, 1.82) is 0 Å². The number of rotatable bonds is 1. The maximum Gasteiger partial charge on any atom is 0.124 e. The van der Waals surface area contributed by atoms with E-state index < -0.39 is 0 Å². The predicted octanol–water partition coefficient (Wildman–Crippen LogP) is 2.32. The first-order chi connectivity index (χ1) is 7.08. The summed E-state index contributed by atoms with van der Waals surface area (Å²) in [7, 11) is 0. The summed E-state index contributed by atoms with van der Waals surface area (Å²) in [6, 6.07) is 6.37. The van der Waals surface area contributed by atoms with Crippen LogP contribution in [0.2, 0.25) is 0 Å². The molecule has 76 valence electrons.